The van der Waals surface area contributed by atoms with E-state index in [1.165, 1.54) is 16.2 Å². The molecule has 0 unspecified atom stereocenters. The van der Waals surface area contributed by atoms with E-state index in [-0.39, 0.29) is 17.3 Å². The Bertz CT molecular complexity index is 1640. The van der Waals surface area contributed by atoms with E-state index in [2.05, 4.69) is 4.72 Å². The fraction of sp³-hybridized carbons (Fsp3) is 0.111. The predicted octanol–water partition coefficient (Wildman–Crippen LogP) is 6.81. The standard InChI is InChI=1S/C27H22ClN3O4S2/c1-17-5-12-22(13-6-17)37(33,34)30-20-10-8-19(9-11-20)26(32)31(16-21-4-3-15-35-21)27-29-24-18(2)7-14-23(28)25(24)36-27/h3-15,30H,16H2,1-2H3. The van der Waals surface area contributed by atoms with Crippen molar-refractivity contribution >= 4 is 59.9 Å². The monoisotopic (exact) mass is 551 g/mol. The second-order valence-corrected chi connectivity index (χ2v) is 11.6. The quantitative estimate of drug-likeness (QED) is 0.240. The summed E-state index contributed by atoms with van der Waals surface area (Å²) >= 11 is 7.73. The summed E-state index contributed by atoms with van der Waals surface area (Å²) in [6.45, 7) is 4.00. The van der Waals surface area contributed by atoms with Crippen LogP contribution in [-0.2, 0) is 16.6 Å². The Hall–Kier alpha value is -3.66. The number of furan rings is 1. The summed E-state index contributed by atoms with van der Waals surface area (Å²) in [5.74, 6) is 0.287. The molecule has 0 spiro atoms. The summed E-state index contributed by atoms with van der Waals surface area (Å²) in [6, 6.07) is 20.1. The molecular weight excluding hydrogens is 530 g/mol. The largest absolute Gasteiger partial charge is 0.467 e. The first kappa shape index (κ1) is 25.0. The molecular formula is C27H22ClN3O4S2. The van der Waals surface area contributed by atoms with Crippen LogP contribution in [0.1, 0.15) is 27.2 Å². The Morgan fingerprint density at radius 2 is 1.76 bits per heavy atom. The van der Waals surface area contributed by atoms with E-state index in [1.54, 1.807) is 66.9 Å². The van der Waals surface area contributed by atoms with Crippen molar-refractivity contribution in [3.63, 3.8) is 0 Å². The minimum Gasteiger partial charge on any atom is -0.467 e. The minimum absolute atomic E-state index is 0.160. The molecule has 3 aromatic carbocycles. The molecule has 0 aliphatic carbocycles. The molecule has 0 bridgehead atoms. The molecule has 1 N–H and O–H groups in total. The summed E-state index contributed by atoms with van der Waals surface area (Å²) in [4.78, 5) is 20.1. The molecule has 2 aromatic heterocycles. The highest BCUT2D eigenvalue weighted by Gasteiger charge is 2.24. The number of hydrogen-bond donors (Lipinski definition) is 1. The normalized spacial score (nSPS) is 11.5. The van der Waals surface area contributed by atoms with Crippen molar-refractivity contribution in [1.29, 1.82) is 0 Å². The summed E-state index contributed by atoms with van der Waals surface area (Å²) in [7, 11) is -3.76. The van der Waals surface area contributed by atoms with Crippen LogP contribution in [-0.4, -0.2) is 19.3 Å². The number of aromatic nitrogens is 1. The first-order valence-electron chi connectivity index (χ1n) is 11.3. The topological polar surface area (TPSA) is 92.5 Å². The fourth-order valence-electron chi connectivity index (χ4n) is 3.76. The van der Waals surface area contributed by atoms with Gasteiger partial charge in [0, 0.05) is 11.3 Å². The zero-order valence-electron chi connectivity index (χ0n) is 19.9. The Labute approximate surface area is 223 Å². The zero-order chi connectivity index (χ0) is 26.2. The van der Waals surface area contributed by atoms with Gasteiger partial charge < -0.3 is 4.42 Å². The third-order valence-corrected chi connectivity index (χ3v) is 8.71. The number of carbonyl (C=O) groups is 1. The van der Waals surface area contributed by atoms with Crippen molar-refractivity contribution in [2.45, 2.75) is 25.3 Å². The SMILES string of the molecule is Cc1ccc(S(=O)(=O)Nc2ccc(C(=O)N(Cc3ccco3)c3nc4c(C)ccc(Cl)c4s3)cc2)cc1. The van der Waals surface area contributed by atoms with Crippen LogP contribution in [0.25, 0.3) is 10.2 Å². The van der Waals surface area contributed by atoms with Gasteiger partial charge in [-0.3, -0.25) is 14.4 Å². The molecule has 10 heteroatoms. The molecule has 188 valence electrons. The Balaban J connectivity index is 1.44. The maximum absolute atomic E-state index is 13.6. The van der Waals surface area contributed by atoms with Gasteiger partial charge in [-0.1, -0.05) is 46.7 Å². The fourth-order valence-corrected chi connectivity index (χ4v) is 6.13. The molecule has 7 nitrogen and oxygen atoms in total. The molecule has 0 aliphatic rings. The number of sulfonamides is 1. The van der Waals surface area contributed by atoms with Crippen LogP contribution in [0, 0.1) is 13.8 Å². The van der Waals surface area contributed by atoms with E-state index in [4.69, 9.17) is 21.0 Å². The average Bonchev–Trinajstić information content (AvgIpc) is 3.56. The molecule has 0 atom stereocenters. The number of thiazole rings is 1. The summed E-state index contributed by atoms with van der Waals surface area (Å²) < 4.78 is 34.3. The Morgan fingerprint density at radius 1 is 1.03 bits per heavy atom. The Kier molecular flexibility index (Phi) is 6.76. The zero-order valence-corrected chi connectivity index (χ0v) is 22.3. The molecule has 1 amide bonds. The van der Waals surface area contributed by atoms with Gasteiger partial charge in [-0.2, -0.15) is 0 Å². The number of amides is 1. The number of rotatable bonds is 7. The van der Waals surface area contributed by atoms with E-state index in [0.717, 1.165) is 21.3 Å². The van der Waals surface area contributed by atoms with Gasteiger partial charge in [0.1, 0.15) is 5.76 Å². The highest BCUT2D eigenvalue weighted by Crippen LogP contribution is 2.36. The first-order valence-corrected chi connectivity index (χ1v) is 14.0. The van der Waals surface area contributed by atoms with Crippen molar-refractivity contribution in [2.75, 3.05) is 9.62 Å². The maximum atomic E-state index is 13.6. The van der Waals surface area contributed by atoms with E-state index in [9.17, 15) is 13.2 Å². The molecule has 0 saturated heterocycles. The van der Waals surface area contributed by atoms with Gasteiger partial charge in [-0.15, -0.1) is 0 Å². The lowest BCUT2D eigenvalue weighted by molar-refractivity contribution is 0.0983. The number of nitrogens with one attached hydrogen (secondary N) is 1. The molecule has 37 heavy (non-hydrogen) atoms. The number of fused-ring (bicyclic) bond motifs is 1. The number of aryl methyl sites for hydroxylation is 2. The van der Waals surface area contributed by atoms with Crippen molar-refractivity contribution in [3.8, 4) is 0 Å². The van der Waals surface area contributed by atoms with Crippen molar-refractivity contribution in [2.24, 2.45) is 0 Å². The van der Waals surface area contributed by atoms with Gasteiger partial charge in [-0.05, 0) is 74.0 Å². The third-order valence-electron chi connectivity index (χ3n) is 5.77. The van der Waals surface area contributed by atoms with Crippen LogP contribution in [0.5, 0.6) is 0 Å². The molecule has 0 radical (unpaired) electrons. The number of nitrogens with zero attached hydrogens (tertiary/aromatic N) is 2. The molecule has 0 saturated carbocycles. The number of benzene rings is 3. The molecule has 0 fully saturated rings. The second-order valence-electron chi connectivity index (χ2n) is 8.51. The first-order chi connectivity index (χ1) is 17.7. The van der Waals surface area contributed by atoms with Crippen molar-refractivity contribution in [1.82, 2.24) is 4.98 Å². The van der Waals surface area contributed by atoms with Crippen LogP contribution < -0.4 is 9.62 Å². The molecule has 2 heterocycles. The third kappa shape index (κ3) is 5.24. The van der Waals surface area contributed by atoms with Gasteiger partial charge in [-0.25, -0.2) is 13.4 Å². The highest BCUT2D eigenvalue weighted by atomic mass is 35.5. The second kappa shape index (κ2) is 10.0. The number of halogens is 1. The van der Waals surface area contributed by atoms with E-state index >= 15 is 0 Å². The summed E-state index contributed by atoms with van der Waals surface area (Å²) in [6.07, 6.45) is 1.55. The molecule has 5 aromatic rings. The van der Waals surface area contributed by atoms with E-state index in [1.807, 2.05) is 26.0 Å². The van der Waals surface area contributed by atoms with Crippen LogP contribution in [0.4, 0.5) is 10.8 Å². The van der Waals surface area contributed by atoms with Crippen LogP contribution in [0.15, 0.2) is 88.4 Å². The Morgan fingerprint density at radius 3 is 2.41 bits per heavy atom. The lowest BCUT2D eigenvalue weighted by Crippen LogP contribution is -2.30. The van der Waals surface area contributed by atoms with Crippen LogP contribution >= 0.6 is 22.9 Å². The predicted molar refractivity (Wildman–Crippen MR) is 147 cm³/mol. The average molecular weight is 552 g/mol. The minimum atomic E-state index is -3.76. The maximum Gasteiger partial charge on any atom is 0.261 e. The summed E-state index contributed by atoms with van der Waals surface area (Å²) in [5, 5.41) is 1.05. The highest BCUT2D eigenvalue weighted by molar-refractivity contribution is 7.92. The lowest BCUT2D eigenvalue weighted by Gasteiger charge is -2.19. The molecule has 0 aliphatic heterocycles. The lowest BCUT2D eigenvalue weighted by atomic mass is 10.2. The summed E-state index contributed by atoms with van der Waals surface area (Å²) in [5.41, 5.74) is 3.37. The number of anilines is 2. The molecule has 5 rings (SSSR count). The van der Waals surface area contributed by atoms with Crippen molar-refractivity contribution in [3.05, 3.63) is 107 Å². The van der Waals surface area contributed by atoms with Crippen LogP contribution in [0.2, 0.25) is 5.02 Å². The number of hydrogen-bond acceptors (Lipinski definition) is 6. The smallest absolute Gasteiger partial charge is 0.261 e. The van der Waals surface area contributed by atoms with Crippen molar-refractivity contribution < 1.29 is 17.6 Å². The number of carbonyl (C=O) groups excluding carboxylic acids is 1. The van der Waals surface area contributed by atoms with Gasteiger partial charge >= 0.3 is 0 Å². The van der Waals surface area contributed by atoms with Gasteiger partial charge in [0.25, 0.3) is 15.9 Å². The van der Waals surface area contributed by atoms with Crippen LogP contribution in [0.3, 0.4) is 0 Å². The van der Waals surface area contributed by atoms with Gasteiger partial charge in [0.05, 0.1) is 32.9 Å². The van der Waals surface area contributed by atoms with E-state index < -0.39 is 10.0 Å². The van der Waals surface area contributed by atoms with Gasteiger partial charge in [0.2, 0.25) is 0 Å². The van der Waals surface area contributed by atoms with Gasteiger partial charge in [0.15, 0.2) is 5.13 Å². The van der Waals surface area contributed by atoms with E-state index in [0.29, 0.717) is 27.2 Å².